The average Bonchev–Trinajstić information content (AvgIpc) is 2.80. The summed E-state index contributed by atoms with van der Waals surface area (Å²) in [7, 11) is 0. The van der Waals surface area contributed by atoms with E-state index < -0.39 is 23.6 Å². The van der Waals surface area contributed by atoms with Gasteiger partial charge < -0.3 is 10.5 Å². The zero-order valence-corrected chi connectivity index (χ0v) is 9.30. The highest BCUT2D eigenvalue weighted by Crippen LogP contribution is 2.34. The van der Waals surface area contributed by atoms with Gasteiger partial charge in [-0.1, -0.05) is 6.07 Å². The van der Waals surface area contributed by atoms with E-state index in [1.165, 1.54) is 6.07 Å². The van der Waals surface area contributed by atoms with Crippen molar-refractivity contribution in [2.75, 3.05) is 6.61 Å². The monoisotopic (exact) mass is 261 g/mol. The summed E-state index contributed by atoms with van der Waals surface area (Å²) >= 11 is 0. The van der Waals surface area contributed by atoms with E-state index in [9.17, 15) is 17.6 Å². The fourth-order valence-corrected chi connectivity index (χ4v) is 1.77. The molecule has 1 atom stereocenters. The lowest BCUT2D eigenvalue weighted by Gasteiger charge is -2.16. The third-order valence-corrected chi connectivity index (χ3v) is 2.69. The highest BCUT2D eigenvalue weighted by atomic mass is 19.4. The number of nitrogens with two attached hydrogens (primary N) is 1. The fraction of sp³-hybridized carbons (Fsp3) is 0.333. The van der Waals surface area contributed by atoms with Gasteiger partial charge in [-0.15, -0.1) is 0 Å². The standard InChI is InChI=1S/C12H11F4NO/c13-9-4-3-7(6-8(9)12(14,15)16)11(17)10-2-1-5-18-10/h2-4,6,11H,1,5,17H2. The van der Waals surface area contributed by atoms with Crippen LogP contribution >= 0.6 is 0 Å². The Balaban J connectivity index is 2.35. The summed E-state index contributed by atoms with van der Waals surface area (Å²) in [6, 6.07) is 1.93. The zero-order chi connectivity index (χ0) is 13.3. The number of rotatable bonds is 2. The van der Waals surface area contributed by atoms with Crippen molar-refractivity contribution in [1.82, 2.24) is 0 Å². The van der Waals surface area contributed by atoms with Crippen molar-refractivity contribution in [3.63, 3.8) is 0 Å². The Hall–Kier alpha value is -1.56. The molecule has 1 aromatic rings. The Morgan fingerprint density at radius 2 is 2.00 bits per heavy atom. The van der Waals surface area contributed by atoms with Gasteiger partial charge in [0.05, 0.1) is 18.2 Å². The van der Waals surface area contributed by atoms with Crippen LogP contribution in [0.25, 0.3) is 0 Å². The summed E-state index contributed by atoms with van der Waals surface area (Å²) in [5, 5.41) is 0. The lowest BCUT2D eigenvalue weighted by atomic mass is 10.0. The summed E-state index contributed by atoms with van der Waals surface area (Å²) in [5.74, 6) is -0.880. The van der Waals surface area contributed by atoms with Crippen molar-refractivity contribution in [2.24, 2.45) is 5.73 Å². The molecule has 2 N–H and O–H groups in total. The van der Waals surface area contributed by atoms with Crippen molar-refractivity contribution in [3.8, 4) is 0 Å². The van der Waals surface area contributed by atoms with Gasteiger partial charge in [0.25, 0.3) is 0 Å². The summed E-state index contributed by atoms with van der Waals surface area (Å²) in [6.45, 7) is 0.469. The highest BCUT2D eigenvalue weighted by Gasteiger charge is 2.34. The molecule has 0 radical (unpaired) electrons. The predicted molar refractivity (Wildman–Crippen MR) is 57.0 cm³/mol. The van der Waals surface area contributed by atoms with Gasteiger partial charge in [-0.3, -0.25) is 0 Å². The first kappa shape index (κ1) is 12.9. The summed E-state index contributed by atoms with van der Waals surface area (Å²) in [4.78, 5) is 0. The lowest BCUT2D eigenvalue weighted by molar-refractivity contribution is -0.140. The molecule has 0 saturated heterocycles. The second kappa shape index (κ2) is 4.61. The number of halogens is 4. The fourth-order valence-electron chi connectivity index (χ4n) is 1.77. The number of hydrogen-bond donors (Lipinski definition) is 1. The van der Waals surface area contributed by atoms with Crippen LogP contribution in [0.15, 0.2) is 30.0 Å². The molecule has 0 saturated carbocycles. The van der Waals surface area contributed by atoms with E-state index >= 15 is 0 Å². The van der Waals surface area contributed by atoms with Gasteiger partial charge in [-0.05, 0) is 23.8 Å². The molecule has 98 valence electrons. The van der Waals surface area contributed by atoms with E-state index in [0.717, 1.165) is 12.1 Å². The van der Waals surface area contributed by atoms with Crippen molar-refractivity contribution < 1.29 is 22.3 Å². The molecule has 18 heavy (non-hydrogen) atoms. The van der Waals surface area contributed by atoms with E-state index in [-0.39, 0.29) is 5.56 Å². The molecule has 6 heteroatoms. The molecule has 0 fully saturated rings. The number of ether oxygens (including phenoxy) is 1. The molecular weight excluding hydrogens is 250 g/mol. The van der Waals surface area contributed by atoms with Crippen molar-refractivity contribution >= 4 is 0 Å². The number of hydrogen-bond acceptors (Lipinski definition) is 2. The van der Waals surface area contributed by atoms with E-state index in [2.05, 4.69) is 0 Å². The molecule has 1 aliphatic heterocycles. The van der Waals surface area contributed by atoms with Crippen LogP contribution in [0.3, 0.4) is 0 Å². The Morgan fingerprint density at radius 1 is 1.28 bits per heavy atom. The Kier molecular flexibility index (Phi) is 3.30. The smallest absolute Gasteiger partial charge is 0.419 e. The van der Waals surface area contributed by atoms with Crippen LogP contribution in [0.2, 0.25) is 0 Å². The third-order valence-electron chi connectivity index (χ3n) is 2.69. The van der Waals surface area contributed by atoms with E-state index in [1.807, 2.05) is 0 Å². The minimum atomic E-state index is -4.73. The predicted octanol–water partition coefficient (Wildman–Crippen LogP) is 3.15. The maximum atomic E-state index is 13.1. The van der Waals surface area contributed by atoms with Crippen LogP contribution in [-0.4, -0.2) is 6.61 Å². The first-order valence-electron chi connectivity index (χ1n) is 5.34. The van der Waals surface area contributed by atoms with Gasteiger partial charge in [0.2, 0.25) is 0 Å². The normalized spacial score (nSPS) is 17.3. The van der Waals surface area contributed by atoms with Crippen LogP contribution < -0.4 is 5.73 Å². The quantitative estimate of drug-likeness (QED) is 0.830. The molecule has 1 unspecified atom stereocenters. The molecule has 0 aliphatic carbocycles. The number of benzene rings is 1. The van der Waals surface area contributed by atoms with Crippen LogP contribution in [0, 0.1) is 5.82 Å². The molecule has 1 aliphatic rings. The molecule has 0 bridgehead atoms. The average molecular weight is 261 g/mol. The molecule has 1 aromatic carbocycles. The molecule has 1 heterocycles. The van der Waals surface area contributed by atoms with E-state index in [4.69, 9.17) is 10.5 Å². The van der Waals surface area contributed by atoms with E-state index in [0.29, 0.717) is 18.8 Å². The molecule has 2 nitrogen and oxygen atoms in total. The molecule has 0 aromatic heterocycles. The summed E-state index contributed by atoms with van der Waals surface area (Å²) < 4.78 is 55.9. The highest BCUT2D eigenvalue weighted by molar-refractivity contribution is 5.32. The van der Waals surface area contributed by atoms with Crippen molar-refractivity contribution in [1.29, 1.82) is 0 Å². The third kappa shape index (κ3) is 2.48. The SMILES string of the molecule is NC(C1=CCCO1)c1ccc(F)c(C(F)(F)F)c1. The van der Waals surface area contributed by atoms with Gasteiger partial charge in [-0.2, -0.15) is 13.2 Å². The van der Waals surface area contributed by atoms with Crippen LogP contribution in [-0.2, 0) is 10.9 Å². The van der Waals surface area contributed by atoms with Crippen LogP contribution in [0.1, 0.15) is 23.6 Å². The van der Waals surface area contributed by atoms with Gasteiger partial charge in [0.1, 0.15) is 11.6 Å². The summed E-state index contributed by atoms with van der Waals surface area (Å²) in [6.07, 6.45) is -2.33. The maximum Gasteiger partial charge on any atom is 0.419 e. The lowest BCUT2D eigenvalue weighted by Crippen LogP contribution is -2.16. The minimum Gasteiger partial charge on any atom is -0.496 e. The number of alkyl halides is 3. The van der Waals surface area contributed by atoms with E-state index in [1.54, 1.807) is 6.08 Å². The first-order chi connectivity index (χ1) is 8.39. The van der Waals surface area contributed by atoms with Gasteiger partial charge in [0, 0.05) is 6.42 Å². The van der Waals surface area contributed by atoms with Crippen molar-refractivity contribution in [2.45, 2.75) is 18.6 Å². The van der Waals surface area contributed by atoms with Crippen LogP contribution in [0.5, 0.6) is 0 Å². The first-order valence-corrected chi connectivity index (χ1v) is 5.34. The molecule has 0 spiro atoms. The second-order valence-electron chi connectivity index (χ2n) is 3.96. The second-order valence-corrected chi connectivity index (χ2v) is 3.96. The van der Waals surface area contributed by atoms with Crippen LogP contribution in [0.4, 0.5) is 17.6 Å². The Bertz CT molecular complexity index is 481. The zero-order valence-electron chi connectivity index (χ0n) is 9.30. The van der Waals surface area contributed by atoms with Gasteiger partial charge >= 0.3 is 6.18 Å². The molecule has 2 rings (SSSR count). The largest absolute Gasteiger partial charge is 0.496 e. The van der Waals surface area contributed by atoms with Gasteiger partial charge in [0.15, 0.2) is 0 Å². The topological polar surface area (TPSA) is 35.2 Å². The van der Waals surface area contributed by atoms with Gasteiger partial charge in [-0.25, -0.2) is 4.39 Å². The minimum absolute atomic E-state index is 0.178. The Morgan fingerprint density at radius 3 is 2.56 bits per heavy atom. The molecular formula is C12H11F4NO. The summed E-state index contributed by atoms with van der Waals surface area (Å²) in [5.41, 5.74) is 4.65. The van der Waals surface area contributed by atoms with Crippen molar-refractivity contribution in [3.05, 3.63) is 47.0 Å². The molecule has 0 amide bonds. The maximum absolute atomic E-state index is 13.1. The Labute approximate surface area is 101 Å².